The SMILES string of the molecule is CC(=O)/C=C/c1cc2c(c(C(F)(F)F)c1)OCO2. The van der Waals surface area contributed by atoms with E-state index in [4.69, 9.17) is 9.47 Å². The lowest BCUT2D eigenvalue weighted by Gasteiger charge is -2.10. The van der Waals surface area contributed by atoms with Gasteiger partial charge in [-0.1, -0.05) is 6.08 Å². The molecule has 3 nitrogen and oxygen atoms in total. The van der Waals surface area contributed by atoms with Gasteiger partial charge in [0.1, 0.15) is 5.56 Å². The Labute approximate surface area is 101 Å². The Morgan fingerprint density at radius 1 is 1.33 bits per heavy atom. The van der Waals surface area contributed by atoms with E-state index in [9.17, 15) is 18.0 Å². The van der Waals surface area contributed by atoms with E-state index >= 15 is 0 Å². The maximum absolute atomic E-state index is 12.8. The average Bonchev–Trinajstić information content (AvgIpc) is 2.71. The van der Waals surface area contributed by atoms with Crippen LogP contribution in [0.15, 0.2) is 18.2 Å². The molecular formula is C12H9F3O3. The summed E-state index contributed by atoms with van der Waals surface area (Å²) in [5.41, 5.74) is -0.664. The monoisotopic (exact) mass is 258 g/mol. The predicted octanol–water partition coefficient (Wildman–Crippen LogP) is 3.04. The molecule has 1 aliphatic rings. The number of hydrogen-bond acceptors (Lipinski definition) is 3. The van der Waals surface area contributed by atoms with Gasteiger partial charge in [0.15, 0.2) is 17.3 Å². The molecular weight excluding hydrogens is 249 g/mol. The molecule has 6 heteroatoms. The van der Waals surface area contributed by atoms with Crippen molar-refractivity contribution in [2.75, 3.05) is 6.79 Å². The standard InChI is InChI=1S/C12H9F3O3/c1-7(16)2-3-8-4-9(12(13,14)15)11-10(5-8)17-6-18-11/h2-5H,6H2,1H3/b3-2+. The second kappa shape index (κ2) is 4.36. The molecule has 0 saturated carbocycles. The van der Waals surface area contributed by atoms with Crippen molar-refractivity contribution < 1.29 is 27.4 Å². The Morgan fingerprint density at radius 3 is 2.67 bits per heavy atom. The summed E-state index contributed by atoms with van der Waals surface area (Å²) in [5.74, 6) is -0.517. The van der Waals surface area contributed by atoms with E-state index < -0.39 is 11.7 Å². The van der Waals surface area contributed by atoms with Crippen molar-refractivity contribution in [1.82, 2.24) is 0 Å². The van der Waals surface area contributed by atoms with Crippen LogP contribution >= 0.6 is 0 Å². The third-order valence-corrected chi connectivity index (χ3v) is 2.31. The van der Waals surface area contributed by atoms with Crippen molar-refractivity contribution >= 4 is 11.9 Å². The number of allylic oxidation sites excluding steroid dienone is 1. The Kier molecular flexibility index (Phi) is 3.02. The van der Waals surface area contributed by atoms with Crippen LogP contribution in [0.25, 0.3) is 6.08 Å². The molecule has 0 bridgehead atoms. The van der Waals surface area contributed by atoms with Crippen LogP contribution in [-0.4, -0.2) is 12.6 Å². The van der Waals surface area contributed by atoms with E-state index in [1.165, 1.54) is 25.1 Å². The van der Waals surface area contributed by atoms with E-state index in [1.807, 2.05) is 0 Å². The zero-order valence-electron chi connectivity index (χ0n) is 9.38. The summed E-state index contributed by atoms with van der Waals surface area (Å²) >= 11 is 0. The Morgan fingerprint density at radius 2 is 2.06 bits per heavy atom. The van der Waals surface area contributed by atoms with Gasteiger partial charge < -0.3 is 9.47 Å². The minimum atomic E-state index is -4.53. The van der Waals surface area contributed by atoms with Crippen molar-refractivity contribution in [3.63, 3.8) is 0 Å². The highest BCUT2D eigenvalue weighted by Crippen LogP contribution is 2.44. The van der Waals surface area contributed by atoms with Crippen LogP contribution in [0.4, 0.5) is 13.2 Å². The Balaban J connectivity index is 2.49. The molecule has 0 atom stereocenters. The van der Waals surface area contributed by atoms with Gasteiger partial charge in [-0.05, 0) is 30.7 Å². The molecule has 0 aromatic heterocycles. The lowest BCUT2D eigenvalue weighted by atomic mass is 10.1. The molecule has 18 heavy (non-hydrogen) atoms. The molecule has 0 saturated heterocycles. The molecule has 1 aliphatic heterocycles. The summed E-state index contributed by atoms with van der Waals surface area (Å²) in [4.78, 5) is 10.8. The molecule has 1 aromatic rings. The summed E-state index contributed by atoms with van der Waals surface area (Å²) in [6, 6.07) is 2.32. The minimum Gasteiger partial charge on any atom is -0.454 e. The normalized spacial score (nSPS) is 14.2. The van der Waals surface area contributed by atoms with Crippen molar-refractivity contribution in [3.8, 4) is 11.5 Å². The minimum absolute atomic E-state index is 0.0352. The van der Waals surface area contributed by atoms with Gasteiger partial charge in [0, 0.05) is 0 Å². The van der Waals surface area contributed by atoms with E-state index in [0.29, 0.717) is 0 Å². The predicted molar refractivity (Wildman–Crippen MR) is 57.3 cm³/mol. The second-order valence-electron chi connectivity index (χ2n) is 3.74. The third-order valence-electron chi connectivity index (χ3n) is 2.31. The van der Waals surface area contributed by atoms with E-state index in [2.05, 4.69) is 0 Å². The maximum Gasteiger partial charge on any atom is 0.420 e. The second-order valence-corrected chi connectivity index (χ2v) is 3.74. The van der Waals surface area contributed by atoms with E-state index in [-0.39, 0.29) is 29.6 Å². The molecule has 96 valence electrons. The van der Waals surface area contributed by atoms with Gasteiger partial charge in [0.2, 0.25) is 6.79 Å². The highest BCUT2D eigenvalue weighted by Gasteiger charge is 2.38. The van der Waals surface area contributed by atoms with Crippen molar-refractivity contribution in [2.45, 2.75) is 13.1 Å². The quantitative estimate of drug-likeness (QED) is 0.765. The van der Waals surface area contributed by atoms with E-state index in [1.54, 1.807) is 0 Å². The molecule has 1 aromatic carbocycles. The third kappa shape index (κ3) is 2.47. The van der Waals surface area contributed by atoms with Gasteiger partial charge in [-0.2, -0.15) is 13.2 Å². The van der Waals surface area contributed by atoms with E-state index in [0.717, 1.165) is 6.07 Å². The highest BCUT2D eigenvalue weighted by atomic mass is 19.4. The number of ether oxygens (including phenoxy) is 2. The fourth-order valence-electron chi connectivity index (χ4n) is 1.55. The molecule has 0 unspecified atom stereocenters. The number of hydrogen-bond donors (Lipinski definition) is 0. The summed E-state index contributed by atoms with van der Waals surface area (Å²) in [7, 11) is 0. The van der Waals surface area contributed by atoms with Crippen LogP contribution in [0, 0.1) is 0 Å². The molecule has 0 spiro atoms. The highest BCUT2D eigenvalue weighted by molar-refractivity contribution is 5.91. The lowest BCUT2D eigenvalue weighted by molar-refractivity contribution is -0.138. The number of ketones is 1. The number of alkyl halides is 3. The number of carbonyl (C=O) groups is 1. The van der Waals surface area contributed by atoms with Gasteiger partial charge in [-0.25, -0.2) is 0 Å². The Hall–Kier alpha value is -1.98. The average molecular weight is 258 g/mol. The first-order chi connectivity index (χ1) is 8.38. The molecule has 0 aliphatic carbocycles. The van der Waals surface area contributed by atoms with Crippen LogP contribution in [-0.2, 0) is 11.0 Å². The molecule has 1 heterocycles. The fourth-order valence-corrected chi connectivity index (χ4v) is 1.55. The van der Waals surface area contributed by atoms with Crippen LogP contribution in [0.2, 0.25) is 0 Å². The maximum atomic E-state index is 12.8. The van der Waals surface area contributed by atoms with Crippen LogP contribution in [0.3, 0.4) is 0 Å². The van der Waals surface area contributed by atoms with Gasteiger partial charge in [-0.3, -0.25) is 4.79 Å². The number of fused-ring (bicyclic) bond motifs is 1. The first-order valence-corrected chi connectivity index (χ1v) is 5.07. The molecule has 0 amide bonds. The summed E-state index contributed by atoms with van der Waals surface area (Å²) in [6.45, 7) is 1.08. The van der Waals surface area contributed by atoms with Crippen LogP contribution < -0.4 is 9.47 Å². The topological polar surface area (TPSA) is 35.5 Å². The van der Waals surface area contributed by atoms with Crippen LogP contribution in [0.5, 0.6) is 11.5 Å². The Bertz CT molecular complexity index is 518. The first-order valence-electron chi connectivity index (χ1n) is 5.07. The van der Waals surface area contributed by atoms with Crippen molar-refractivity contribution in [1.29, 1.82) is 0 Å². The van der Waals surface area contributed by atoms with Crippen LogP contribution in [0.1, 0.15) is 18.1 Å². The molecule has 0 N–H and O–H groups in total. The molecule has 0 radical (unpaired) electrons. The van der Waals surface area contributed by atoms with Gasteiger partial charge in [-0.15, -0.1) is 0 Å². The first kappa shape index (κ1) is 12.5. The number of rotatable bonds is 2. The number of halogens is 3. The van der Waals surface area contributed by atoms with Crippen molar-refractivity contribution in [2.24, 2.45) is 0 Å². The number of carbonyl (C=O) groups excluding carboxylic acids is 1. The largest absolute Gasteiger partial charge is 0.454 e. The smallest absolute Gasteiger partial charge is 0.420 e. The van der Waals surface area contributed by atoms with Crippen molar-refractivity contribution in [3.05, 3.63) is 29.3 Å². The van der Waals surface area contributed by atoms with Gasteiger partial charge in [0.25, 0.3) is 0 Å². The van der Waals surface area contributed by atoms with Gasteiger partial charge in [0.05, 0.1) is 0 Å². The summed E-state index contributed by atoms with van der Waals surface area (Å²) in [6.07, 6.45) is -2.03. The zero-order valence-corrected chi connectivity index (χ0v) is 9.38. The zero-order chi connectivity index (χ0) is 13.3. The number of benzene rings is 1. The van der Waals surface area contributed by atoms with Gasteiger partial charge >= 0.3 is 6.18 Å². The summed E-state index contributed by atoms with van der Waals surface area (Å²) in [5, 5.41) is 0. The summed E-state index contributed by atoms with van der Waals surface area (Å²) < 4.78 is 48.1. The lowest BCUT2D eigenvalue weighted by Crippen LogP contribution is -2.07. The molecule has 2 rings (SSSR count). The fraction of sp³-hybridized carbons (Fsp3) is 0.250. The molecule has 0 fully saturated rings.